The van der Waals surface area contributed by atoms with E-state index in [0.29, 0.717) is 43.3 Å². The Morgan fingerprint density at radius 3 is 2.26 bits per heavy atom. The molecular weight excluding hydrogens is 486 g/mol. The van der Waals surface area contributed by atoms with E-state index in [2.05, 4.69) is 12.2 Å². The maximum atomic E-state index is 13.2. The second-order valence-electron chi connectivity index (χ2n) is 9.43. The largest absolute Gasteiger partial charge is 0.339 e. The van der Waals surface area contributed by atoms with Crippen LogP contribution in [-0.2, 0) is 10.0 Å². The molecule has 0 bridgehead atoms. The summed E-state index contributed by atoms with van der Waals surface area (Å²) in [6.45, 7) is 4.42. The monoisotopic (exact) mass is 517 g/mol. The molecule has 0 aliphatic carbocycles. The Hall–Kier alpha value is -2.42. The van der Waals surface area contributed by atoms with Crippen LogP contribution in [0.2, 0.25) is 5.02 Å². The smallest absolute Gasteiger partial charge is 0.257 e. The number of nitrogens with zero attached hydrogens (tertiary/aromatic N) is 2. The summed E-state index contributed by atoms with van der Waals surface area (Å²) in [6.07, 6.45) is 5.76. The van der Waals surface area contributed by atoms with Crippen LogP contribution in [0.15, 0.2) is 47.4 Å². The molecule has 2 fully saturated rings. The summed E-state index contributed by atoms with van der Waals surface area (Å²) in [5, 5.41) is 2.93. The predicted octanol–water partition coefficient (Wildman–Crippen LogP) is 5.03. The molecule has 2 amide bonds. The highest BCUT2D eigenvalue weighted by atomic mass is 35.5. The van der Waals surface area contributed by atoms with Crippen molar-refractivity contribution in [1.29, 1.82) is 0 Å². The van der Waals surface area contributed by atoms with Crippen LogP contribution in [0.1, 0.15) is 66.2 Å². The van der Waals surface area contributed by atoms with E-state index in [1.54, 1.807) is 24.3 Å². The molecule has 0 atom stereocenters. The van der Waals surface area contributed by atoms with Gasteiger partial charge in [0.25, 0.3) is 11.8 Å². The maximum absolute atomic E-state index is 13.2. The highest BCUT2D eigenvalue weighted by Crippen LogP contribution is 2.28. The van der Waals surface area contributed by atoms with Gasteiger partial charge < -0.3 is 10.2 Å². The molecule has 2 aromatic carbocycles. The third-order valence-electron chi connectivity index (χ3n) is 6.86. The molecule has 188 valence electrons. The molecule has 1 N–H and O–H groups in total. The summed E-state index contributed by atoms with van der Waals surface area (Å²) in [5.41, 5.74) is 0.835. The zero-order valence-corrected chi connectivity index (χ0v) is 21.6. The summed E-state index contributed by atoms with van der Waals surface area (Å²) in [4.78, 5) is 28.3. The quantitative estimate of drug-likeness (QED) is 0.602. The molecule has 2 saturated heterocycles. The van der Waals surface area contributed by atoms with E-state index in [-0.39, 0.29) is 21.4 Å². The number of amides is 2. The van der Waals surface area contributed by atoms with Crippen LogP contribution < -0.4 is 5.32 Å². The first-order valence-corrected chi connectivity index (χ1v) is 14.1. The molecule has 35 heavy (non-hydrogen) atoms. The number of rotatable bonds is 5. The van der Waals surface area contributed by atoms with Gasteiger partial charge in [-0.25, -0.2) is 8.42 Å². The minimum absolute atomic E-state index is 0.0375. The van der Waals surface area contributed by atoms with Crippen molar-refractivity contribution in [3.63, 3.8) is 0 Å². The van der Waals surface area contributed by atoms with Gasteiger partial charge in [0.15, 0.2) is 0 Å². The Morgan fingerprint density at radius 2 is 1.57 bits per heavy atom. The molecule has 2 aliphatic rings. The fourth-order valence-electron chi connectivity index (χ4n) is 4.63. The van der Waals surface area contributed by atoms with E-state index in [9.17, 15) is 18.0 Å². The topological polar surface area (TPSA) is 86.8 Å². The van der Waals surface area contributed by atoms with Crippen molar-refractivity contribution in [2.24, 2.45) is 5.92 Å². The van der Waals surface area contributed by atoms with Crippen LogP contribution in [0.4, 0.5) is 5.69 Å². The molecule has 7 nitrogen and oxygen atoms in total. The fourth-order valence-corrected chi connectivity index (χ4v) is 6.33. The molecule has 2 aliphatic heterocycles. The first-order valence-electron chi connectivity index (χ1n) is 12.3. The summed E-state index contributed by atoms with van der Waals surface area (Å²) in [5.74, 6) is -0.190. The van der Waals surface area contributed by atoms with Gasteiger partial charge in [-0.2, -0.15) is 4.31 Å². The number of hydrogen-bond donors (Lipinski definition) is 1. The lowest BCUT2D eigenvalue weighted by atomic mass is 10.0. The first kappa shape index (κ1) is 25.7. The molecule has 4 rings (SSSR count). The normalized spacial score (nSPS) is 18.2. The molecule has 9 heteroatoms. The number of hydrogen-bond acceptors (Lipinski definition) is 4. The molecule has 0 spiro atoms. The number of carbonyl (C=O) groups excluding carboxylic acids is 2. The average molecular weight is 518 g/mol. The summed E-state index contributed by atoms with van der Waals surface area (Å²) in [7, 11) is -3.74. The number of benzene rings is 2. The molecule has 0 saturated carbocycles. The van der Waals surface area contributed by atoms with Crippen molar-refractivity contribution < 1.29 is 18.0 Å². The van der Waals surface area contributed by atoms with Crippen LogP contribution in [-0.4, -0.2) is 55.6 Å². The summed E-state index contributed by atoms with van der Waals surface area (Å²) < 4.78 is 27.8. The number of sulfonamides is 1. The minimum atomic E-state index is -3.74. The zero-order valence-electron chi connectivity index (χ0n) is 20.0. The zero-order chi connectivity index (χ0) is 25.0. The molecule has 2 heterocycles. The van der Waals surface area contributed by atoms with Crippen molar-refractivity contribution in [2.45, 2.75) is 50.3 Å². The van der Waals surface area contributed by atoms with Gasteiger partial charge in [0.1, 0.15) is 0 Å². The van der Waals surface area contributed by atoms with Gasteiger partial charge in [-0.05, 0) is 61.9 Å². The Balaban J connectivity index is 1.57. The Labute approximate surface area is 212 Å². The Morgan fingerprint density at radius 1 is 0.914 bits per heavy atom. The van der Waals surface area contributed by atoms with Crippen molar-refractivity contribution in [2.75, 3.05) is 31.5 Å². The number of piperidine rings is 1. The number of para-hydroxylation sites is 1. The number of anilines is 1. The second-order valence-corrected chi connectivity index (χ2v) is 11.8. The fraction of sp³-hybridized carbons (Fsp3) is 0.462. The van der Waals surface area contributed by atoms with E-state index < -0.39 is 15.9 Å². The molecular formula is C26H32ClN3O4S. The van der Waals surface area contributed by atoms with Gasteiger partial charge in [-0.15, -0.1) is 0 Å². The third kappa shape index (κ3) is 5.88. The number of likely N-dealkylation sites (tertiary alicyclic amines) is 1. The number of carbonyl (C=O) groups is 2. The van der Waals surface area contributed by atoms with Crippen LogP contribution >= 0.6 is 11.6 Å². The highest BCUT2D eigenvalue weighted by Gasteiger charge is 2.29. The van der Waals surface area contributed by atoms with Gasteiger partial charge in [-0.3, -0.25) is 9.59 Å². The average Bonchev–Trinajstić information content (AvgIpc) is 3.14. The van der Waals surface area contributed by atoms with Crippen LogP contribution in [0.25, 0.3) is 0 Å². The molecule has 2 aromatic rings. The molecule has 0 aromatic heterocycles. The predicted molar refractivity (Wildman–Crippen MR) is 137 cm³/mol. The first-order chi connectivity index (χ1) is 16.8. The van der Waals surface area contributed by atoms with Crippen LogP contribution in [0.3, 0.4) is 0 Å². The van der Waals surface area contributed by atoms with Crippen molar-refractivity contribution in [1.82, 2.24) is 9.21 Å². The van der Waals surface area contributed by atoms with E-state index >= 15 is 0 Å². The molecule has 0 unspecified atom stereocenters. The van der Waals surface area contributed by atoms with Crippen LogP contribution in [0, 0.1) is 5.92 Å². The van der Waals surface area contributed by atoms with E-state index in [0.717, 1.165) is 38.5 Å². The minimum Gasteiger partial charge on any atom is -0.339 e. The lowest BCUT2D eigenvalue weighted by Gasteiger charge is -2.29. The van der Waals surface area contributed by atoms with Crippen molar-refractivity contribution in [3.05, 3.63) is 58.6 Å². The van der Waals surface area contributed by atoms with Gasteiger partial charge >= 0.3 is 0 Å². The summed E-state index contributed by atoms with van der Waals surface area (Å²) >= 11 is 6.31. The van der Waals surface area contributed by atoms with Gasteiger partial charge in [0.2, 0.25) is 10.0 Å². The standard InChI is InChI=1S/C26H32ClN3O4S/c1-19-12-16-30(17-13-19)35(33,34)20-10-11-23(27)22(18-20)25(31)28-24-9-5-4-8-21(24)26(32)29-14-6-2-3-7-15-29/h4-5,8-11,18-19H,2-3,6-7,12-17H2,1H3,(H,28,31). The second kappa shape index (κ2) is 11.1. The van der Waals surface area contributed by atoms with Gasteiger partial charge in [-0.1, -0.05) is 43.5 Å². The van der Waals surface area contributed by atoms with E-state index in [1.807, 2.05) is 4.90 Å². The van der Waals surface area contributed by atoms with Crippen molar-refractivity contribution in [3.8, 4) is 0 Å². The highest BCUT2D eigenvalue weighted by molar-refractivity contribution is 7.89. The lowest BCUT2D eigenvalue weighted by Crippen LogP contribution is -2.38. The maximum Gasteiger partial charge on any atom is 0.257 e. The van der Waals surface area contributed by atoms with Crippen molar-refractivity contribution >= 4 is 39.1 Å². The SMILES string of the molecule is CC1CCN(S(=O)(=O)c2ccc(Cl)c(C(=O)Nc3ccccc3C(=O)N3CCCCCC3)c2)CC1. The lowest BCUT2D eigenvalue weighted by molar-refractivity contribution is 0.0762. The molecule has 0 radical (unpaired) electrons. The van der Waals surface area contributed by atoms with Gasteiger partial charge in [0, 0.05) is 26.2 Å². The third-order valence-corrected chi connectivity index (χ3v) is 9.09. The van der Waals surface area contributed by atoms with Gasteiger partial charge in [0.05, 0.1) is 26.7 Å². The van der Waals surface area contributed by atoms with E-state index in [4.69, 9.17) is 11.6 Å². The number of nitrogens with one attached hydrogen (secondary N) is 1. The summed E-state index contributed by atoms with van der Waals surface area (Å²) in [6, 6.07) is 11.1. The number of halogens is 1. The van der Waals surface area contributed by atoms with E-state index in [1.165, 1.54) is 22.5 Å². The van der Waals surface area contributed by atoms with Crippen LogP contribution in [0.5, 0.6) is 0 Å². The Kier molecular flexibility index (Phi) is 8.14. The Bertz CT molecular complexity index is 1180.